The van der Waals surface area contributed by atoms with E-state index in [-0.39, 0.29) is 18.0 Å². The summed E-state index contributed by atoms with van der Waals surface area (Å²) in [4.78, 5) is 11.7. The Morgan fingerprint density at radius 3 is 2.90 bits per heavy atom. The Morgan fingerprint density at radius 1 is 1.50 bits per heavy atom. The normalized spacial score (nSPS) is 12.2. The maximum absolute atomic E-state index is 13.0. The summed E-state index contributed by atoms with van der Waals surface area (Å²) in [5.74, 6) is -0.143. The molecule has 0 bridgehead atoms. The average Bonchev–Trinajstić information content (AvgIpc) is 2.39. The molecule has 1 aromatic carbocycles. The van der Waals surface area contributed by atoms with Gasteiger partial charge in [-0.25, -0.2) is 4.39 Å². The number of anilines is 2. The summed E-state index contributed by atoms with van der Waals surface area (Å²) in [7, 11) is 0. The molecule has 0 aliphatic heterocycles. The molecule has 0 aliphatic rings. The molecule has 0 fully saturated rings. The molecule has 0 radical (unpaired) electrons. The highest BCUT2D eigenvalue weighted by atomic mass is 19.1. The van der Waals surface area contributed by atoms with E-state index in [1.165, 1.54) is 18.2 Å². The van der Waals surface area contributed by atoms with E-state index in [0.717, 1.165) is 12.8 Å². The first-order chi connectivity index (χ1) is 9.52. The highest BCUT2D eigenvalue weighted by Gasteiger charge is 2.06. The van der Waals surface area contributed by atoms with Gasteiger partial charge in [0.25, 0.3) is 0 Å². The van der Waals surface area contributed by atoms with Crippen LogP contribution in [0.3, 0.4) is 0 Å². The molecule has 112 valence electrons. The van der Waals surface area contributed by atoms with Crippen molar-refractivity contribution in [2.24, 2.45) is 5.92 Å². The van der Waals surface area contributed by atoms with Gasteiger partial charge in [-0.3, -0.25) is 4.79 Å². The zero-order valence-electron chi connectivity index (χ0n) is 12.1. The van der Waals surface area contributed by atoms with Crippen LogP contribution in [0.2, 0.25) is 0 Å². The van der Waals surface area contributed by atoms with Crippen LogP contribution in [0, 0.1) is 11.7 Å². The molecule has 0 saturated carbocycles. The van der Waals surface area contributed by atoms with Crippen molar-refractivity contribution in [1.29, 1.82) is 0 Å². The van der Waals surface area contributed by atoms with Crippen LogP contribution in [-0.2, 0) is 9.53 Å². The van der Waals surface area contributed by atoms with Crippen molar-refractivity contribution in [3.63, 3.8) is 0 Å². The number of nitrogens with two attached hydrogens (primary N) is 1. The van der Waals surface area contributed by atoms with Crippen molar-refractivity contribution in [1.82, 2.24) is 0 Å². The highest BCUT2D eigenvalue weighted by molar-refractivity contribution is 5.91. The van der Waals surface area contributed by atoms with Crippen LogP contribution in [-0.4, -0.2) is 19.1 Å². The fourth-order valence-electron chi connectivity index (χ4n) is 1.87. The molecule has 1 atom stereocenters. The molecule has 0 spiro atoms. The van der Waals surface area contributed by atoms with Gasteiger partial charge >= 0.3 is 0 Å². The first kappa shape index (κ1) is 16.4. The lowest BCUT2D eigenvalue weighted by Gasteiger charge is -2.11. The Morgan fingerprint density at radius 2 is 2.25 bits per heavy atom. The van der Waals surface area contributed by atoms with Crippen molar-refractivity contribution >= 4 is 17.3 Å². The van der Waals surface area contributed by atoms with Crippen LogP contribution < -0.4 is 11.1 Å². The Balaban J connectivity index is 2.25. The minimum Gasteiger partial charge on any atom is -0.396 e. The topological polar surface area (TPSA) is 64.3 Å². The van der Waals surface area contributed by atoms with E-state index in [1.807, 2.05) is 0 Å². The van der Waals surface area contributed by atoms with E-state index in [2.05, 4.69) is 19.2 Å². The summed E-state index contributed by atoms with van der Waals surface area (Å²) < 4.78 is 18.4. The SMILES string of the molecule is CCCC(C)COCCC(=O)Nc1ccc(F)c(N)c1. The molecule has 1 rings (SSSR count). The van der Waals surface area contributed by atoms with Gasteiger partial charge in [-0.15, -0.1) is 0 Å². The number of rotatable bonds is 8. The number of nitrogen functional groups attached to an aromatic ring is 1. The Bertz CT molecular complexity index is 438. The highest BCUT2D eigenvalue weighted by Crippen LogP contribution is 2.16. The molecule has 1 aromatic rings. The lowest BCUT2D eigenvalue weighted by atomic mass is 10.1. The van der Waals surface area contributed by atoms with Gasteiger partial charge in [0.05, 0.1) is 18.7 Å². The van der Waals surface area contributed by atoms with E-state index in [1.54, 1.807) is 0 Å². The Hall–Kier alpha value is -1.62. The summed E-state index contributed by atoms with van der Waals surface area (Å²) in [6.45, 7) is 5.32. The van der Waals surface area contributed by atoms with Crippen molar-refractivity contribution in [2.75, 3.05) is 24.3 Å². The molecule has 4 nitrogen and oxygen atoms in total. The summed E-state index contributed by atoms with van der Waals surface area (Å²) in [6.07, 6.45) is 2.54. The first-order valence-electron chi connectivity index (χ1n) is 6.95. The second kappa shape index (κ2) is 8.53. The van der Waals surface area contributed by atoms with Gasteiger partial charge in [-0.2, -0.15) is 0 Å². The van der Waals surface area contributed by atoms with Crippen molar-refractivity contribution in [3.8, 4) is 0 Å². The fraction of sp³-hybridized carbons (Fsp3) is 0.533. The molecule has 5 heteroatoms. The van der Waals surface area contributed by atoms with Crippen LogP contribution >= 0.6 is 0 Å². The molecule has 0 aromatic heterocycles. The lowest BCUT2D eigenvalue weighted by Crippen LogP contribution is -2.16. The second-order valence-electron chi connectivity index (χ2n) is 5.00. The summed E-state index contributed by atoms with van der Waals surface area (Å²) in [6, 6.07) is 4.11. The molecular weight excluding hydrogens is 259 g/mol. The minimum atomic E-state index is -0.490. The van der Waals surface area contributed by atoms with Gasteiger partial charge in [-0.05, 0) is 30.5 Å². The number of ether oxygens (including phenoxy) is 1. The number of amides is 1. The first-order valence-corrected chi connectivity index (χ1v) is 6.95. The second-order valence-corrected chi connectivity index (χ2v) is 5.00. The Labute approximate surface area is 119 Å². The van der Waals surface area contributed by atoms with Crippen LogP contribution in [0.5, 0.6) is 0 Å². The number of nitrogens with one attached hydrogen (secondary N) is 1. The predicted octanol–water partition coefficient (Wildman–Crippen LogP) is 3.19. The van der Waals surface area contributed by atoms with Crippen LogP contribution in [0.1, 0.15) is 33.1 Å². The number of halogens is 1. The number of benzene rings is 1. The number of carbonyl (C=O) groups is 1. The number of carbonyl (C=O) groups excluding carboxylic acids is 1. The van der Waals surface area contributed by atoms with Gasteiger partial charge in [0.2, 0.25) is 5.91 Å². The van der Waals surface area contributed by atoms with Gasteiger partial charge in [0, 0.05) is 12.3 Å². The van der Waals surface area contributed by atoms with Gasteiger partial charge < -0.3 is 15.8 Å². The Kier molecular flexibility index (Phi) is 7.01. The predicted molar refractivity (Wildman–Crippen MR) is 79.0 cm³/mol. The maximum atomic E-state index is 13.0. The van der Waals surface area contributed by atoms with Crippen molar-refractivity contribution in [3.05, 3.63) is 24.0 Å². The molecular formula is C15H23FN2O2. The molecule has 0 heterocycles. The molecule has 0 aliphatic carbocycles. The van der Waals surface area contributed by atoms with Crippen LogP contribution in [0.25, 0.3) is 0 Å². The number of hydrogen-bond donors (Lipinski definition) is 2. The van der Waals surface area contributed by atoms with E-state index in [4.69, 9.17) is 10.5 Å². The quantitative estimate of drug-likeness (QED) is 0.568. The minimum absolute atomic E-state index is 0.0208. The standard InChI is InChI=1S/C15H23FN2O2/c1-3-4-11(2)10-20-8-7-15(19)18-12-5-6-13(16)14(17)9-12/h5-6,9,11H,3-4,7-8,10,17H2,1-2H3,(H,18,19). The molecule has 20 heavy (non-hydrogen) atoms. The molecule has 0 saturated heterocycles. The van der Waals surface area contributed by atoms with Crippen molar-refractivity contribution < 1.29 is 13.9 Å². The molecule has 1 amide bonds. The summed E-state index contributed by atoms with van der Waals surface area (Å²) >= 11 is 0. The summed E-state index contributed by atoms with van der Waals surface area (Å²) in [5, 5.41) is 2.66. The smallest absolute Gasteiger partial charge is 0.226 e. The fourth-order valence-corrected chi connectivity index (χ4v) is 1.87. The maximum Gasteiger partial charge on any atom is 0.226 e. The van der Waals surface area contributed by atoms with Crippen LogP contribution in [0.4, 0.5) is 15.8 Å². The van der Waals surface area contributed by atoms with Gasteiger partial charge in [0.1, 0.15) is 5.82 Å². The third-order valence-corrected chi connectivity index (χ3v) is 2.94. The summed E-state index contributed by atoms with van der Waals surface area (Å²) in [5.41, 5.74) is 5.94. The zero-order valence-corrected chi connectivity index (χ0v) is 12.1. The van der Waals surface area contributed by atoms with Crippen molar-refractivity contribution in [2.45, 2.75) is 33.1 Å². The largest absolute Gasteiger partial charge is 0.396 e. The van der Waals surface area contributed by atoms with Gasteiger partial charge in [0.15, 0.2) is 0 Å². The van der Waals surface area contributed by atoms with E-state index < -0.39 is 5.82 Å². The van der Waals surface area contributed by atoms with E-state index >= 15 is 0 Å². The molecule has 1 unspecified atom stereocenters. The zero-order chi connectivity index (χ0) is 15.0. The van der Waals surface area contributed by atoms with Crippen LogP contribution in [0.15, 0.2) is 18.2 Å². The lowest BCUT2D eigenvalue weighted by molar-refractivity contribution is -0.117. The molecule has 3 N–H and O–H groups in total. The third kappa shape index (κ3) is 6.02. The van der Waals surface area contributed by atoms with Gasteiger partial charge in [-0.1, -0.05) is 20.3 Å². The number of hydrogen-bond acceptors (Lipinski definition) is 3. The third-order valence-electron chi connectivity index (χ3n) is 2.94. The monoisotopic (exact) mass is 282 g/mol. The van der Waals surface area contributed by atoms with E-state index in [0.29, 0.717) is 24.8 Å². The van der Waals surface area contributed by atoms with E-state index in [9.17, 15) is 9.18 Å². The average molecular weight is 282 g/mol.